The predicted molar refractivity (Wildman–Crippen MR) is 53.5 cm³/mol. The average molecular weight is 238 g/mol. The van der Waals surface area contributed by atoms with Crippen molar-refractivity contribution < 1.29 is 13.6 Å². The second-order valence-electron chi connectivity index (χ2n) is 5.22. The maximum Gasteiger partial charge on any atom is 0.268 e. The van der Waals surface area contributed by atoms with Crippen LogP contribution >= 0.6 is 11.6 Å². The van der Waals surface area contributed by atoms with E-state index in [-0.39, 0.29) is 17.9 Å². The lowest BCUT2D eigenvalue weighted by Gasteiger charge is -2.33. The van der Waals surface area contributed by atoms with Crippen molar-refractivity contribution in [2.75, 3.05) is 0 Å². The summed E-state index contributed by atoms with van der Waals surface area (Å²) in [6.45, 7) is 5.86. The number of hydroxylamine groups is 2. The summed E-state index contributed by atoms with van der Waals surface area (Å²) < 4.78 is 25.9. The molecular weight excluding hydrogens is 224 g/mol. The summed E-state index contributed by atoms with van der Waals surface area (Å²) in [5.74, 6) is -2.63. The molecule has 15 heavy (non-hydrogen) atoms. The Morgan fingerprint density at radius 2 is 2.07 bits per heavy atom. The Balaban J connectivity index is 2.16. The number of hydrogen-bond donors (Lipinski definition) is 0. The molecule has 2 unspecified atom stereocenters. The highest BCUT2D eigenvalue weighted by Crippen LogP contribution is 2.51. The van der Waals surface area contributed by atoms with Crippen LogP contribution in [0.1, 0.15) is 27.2 Å². The van der Waals surface area contributed by atoms with Crippen LogP contribution in [0.2, 0.25) is 0 Å². The Labute approximate surface area is 92.8 Å². The van der Waals surface area contributed by atoms with Gasteiger partial charge >= 0.3 is 0 Å². The monoisotopic (exact) mass is 237 g/mol. The molecule has 1 saturated carbocycles. The molecule has 1 aliphatic heterocycles. The van der Waals surface area contributed by atoms with E-state index in [0.29, 0.717) is 5.03 Å². The lowest BCUT2D eigenvalue weighted by Crippen LogP contribution is -2.43. The van der Waals surface area contributed by atoms with Crippen LogP contribution in [-0.2, 0) is 4.84 Å². The number of alkyl halides is 2. The zero-order chi connectivity index (χ0) is 11.4. The largest absolute Gasteiger partial charge is 0.411 e. The van der Waals surface area contributed by atoms with E-state index in [2.05, 4.69) is 0 Å². The third-order valence-corrected chi connectivity index (χ3v) is 3.02. The summed E-state index contributed by atoms with van der Waals surface area (Å²) >= 11 is 5.97. The maximum atomic E-state index is 12.9. The Morgan fingerprint density at radius 1 is 1.53 bits per heavy atom. The Morgan fingerprint density at radius 3 is 2.47 bits per heavy atom. The minimum absolute atomic E-state index is 0.141. The van der Waals surface area contributed by atoms with Gasteiger partial charge in [0.1, 0.15) is 12.3 Å². The van der Waals surface area contributed by atoms with Gasteiger partial charge in [0.25, 0.3) is 5.92 Å². The predicted octanol–water partition coefficient (Wildman–Crippen LogP) is 3.14. The fourth-order valence-corrected chi connectivity index (χ4v) is 2.35. The van der Waals surface area contributed by atoms with E-state index in [1.54, 1.807) is 0 Å². The van der Waals surface area contributed by atoms with Gasteiger partial charge in [0.15, 0.2) is 0 Å². The van der Waals surface area contributed by atoms with Gasteiger partial charge in [0.05, 0.1) is 11.1 Å². The summed E-state index contributed by atoms with van der Waals surface area (Å²) in [4.78, 5) is 5.12. The van der Waals surface area contributed by atoms with Crippen molar-refractivity contribution in [1.29, 1.82) is 0 Å². The number of rotatable bonds is 1. The molecule has 0 amide bonds. The van der Waals surface area contributed by atoms with Crippen LogP contribution in [0.3, 0.4) is 0 Å². The van der Waals surface area contributed by atoms with Crippen molar-refractivity contribution in [3.63, 3.8) is 0 Å². The lowest BCUT2D eigenvalue weighted by molar-refractivity contribution is -0.152. The van der Waals surface area contributed by atoms with Gasteiger partial charge in [0.2, 0.25) is 0 Å². The van der Waals surface area contributed by atoms with Crippen molar-refractivity contribution >= 4 is 11.6 Å². The van der Waals surface area contributed by atoms with Crippen molar-refractivity contribution in [1.82, 2.24) is 5.06 Å². The molecule has 5 heteroatoms. The first-order valence-corrected chi connectivity index (χ1v) is 5.30. The molecule has 0 N–H and O–H groups in total. The van der Waals surface area contributed by atoms with Crippen molar-refractivity contribution in [2.45, 2.75) is 45.2 Å². The van der Waals surface area contributed by atoms with Gasteiger partial charge in [-0.1, -0.05) is 32.4 Å². The highest BCUT2D eigenvalue weighted by atomic mass is 35.5. The van der Waals surface area contributed by atoms with E-state index in [0.717, 1.165) is 0 Å². The fraction of sp³-hybridized carbons (Fsp3) is 0.800. The lowest BCUT2D eigenvalue weighted by atomic mass is 9.86. The van der Waals surface area contributed by atoms with Crippen LogP contribution < -0.4 is 0 Å². The highest BCUT2D eigenvalue weighted by molar-refractivity contribution is 6.30. The van der Waals surface area contributed by atoms with Crippen molar-refractivity contribution in [2.24, 2.45) is 5.41 Å². The van der Waals surface area contributed by atoms with Crippen LogP contribution in [-0.4, -0.2) is 23.1 Å². The molecule has 1 heterocycles. The Bertz CT molecular complexity index is 311. The minimum Gasteiger partial charge on any atom is -0.411 e. The number of nitrogens with zero attached hydrogens (tertiary/aromatic N) is 1. The quantitative estimate of drug-likeness (QED) is 0.695. The van der Waals surface area contributed by atoms with Crippen LogP contribution in [0.15, 0.2) is 11.3 Å². The van der Waals surface area contributed by atoms with Gasteiger partial charge < -0.3 is 4.84 Å². The molecule has 0 aromatic rings. The van der Waals surface area contributed by atoms with Crippen LogP contribution in [0.25, 0.3) is 0 Å². The molecule has 0 bridgehead atoms. The zero-order valence-corrected chi connectivity index (χ0v) is 9.68. The van der Waals surface area contributed by atoms with Gasteiger partial charge in [-0.3, -0.25) is 0 Å². The normalized spacial score (nSPS) is 34.9. The van der Waals surface area contributed by atoms with Gasteiger partial charge in [-0.15, -0.1) is 5.06 Å². The van der Waals surface area contributed by atoms with Crippen LogP contribution in [0.4, 0.5) is 8.78 Å². The molecular formula is C10H14ClF2NO. The molecule has 1 fully saturated rings. The second kappa shape index (κ2) is 3.08. The summed E-state index contributed by atoms with van der Waals surface area (Å²) in [6, 6.07) is -1.10. The van der Waals surface area contributed by atoms with Crippen molar-refractivity contribution in [3.05, 3.63) is 11.3 Å². The fourth-order valence-electron chi connectivity index (χ4n) is 1.88. The van der Waals surface area contributed by atoms with Gasteiger partial charge in [-0.05, 0) is 5.41 Å². The molecule has 2 atom stereocenters. The molecule has 86 valence electrons. The van der Waals surface area contributed by atoms with Gasteiger partial charge in [-0.25, -0.2) is 8.78 Å². The smallest absolute Gasteiger partial charge is 0.268 e. The standard InChI is InChI=1S/C10H14ClF2NO/c1-9(2,3)8-6(11)5-15-14(8)7-4-10(7,12)13/h5,7-8H,4H2,1-3H3. The van der Waals surface area contributed by atoms with E-state index < -0.39 is 12.0 Å². The van der Waals surface area contributed by atoms with E-state index in [1.165, 1.54) is 11.3 Å². The molecule has 1 aliphatic carbocycles. The molecule has 0 spiro atoms. The third kappa shape index (κ3) is 1.85. The Kier molecular flexibility index (Phi) is 2.29. The zero-order valence-electron chi connectivity index (χ0n) is 8.93. The maximum absolute atomic E-state index is 12.9. The molecule has 0 aromatic heterocycles. The van der Waals surface area contributed by atoms with Crippen LogP contribution in [0, 0.1) is 5.41 Å². The summed E-state index contributed by atoms with van der Waals surface area (Å²) in [7, 11) is 0. The average Bonchev–Trinajstić information content (AvgIpc) is 2.52. The third-order valence-electron chi connectivity index (χ3n) is 2.72. The number of halogens is 3. The molecule has 0 aromatic carbocycles. The first kappa shape index (κ1) is 11.1. The van der Waals surface area contributed by atoms with Crippen LogP contribution in [0.5, 0.6) is 0 Å². The number of hydrogen-bond acceptors (Lipinski definition) is 2. The summed E-state index contributed by atoms with van der Waals surface area (Å²) in [6.07, 6.45) is 1.21. The Hall–Kier alpha value is -0.350. The second-order valence-corrected chi connectivity index (χ2v) is 5.65. The molecule has 0 radical (unpaired) electrons. The van der Waals surface area contributed by atoms with Crippen molar-refractivity contribution in [3.8, 4) is 0 Å². The van der Waals surface area contributed by atoms with E-state index >= 15 is 0 Å². The first-order valence-electron chi connectivity index (χ1n) is 4.92. The van der Waals surface area contributed by atoms with E-state index in [1.807, 2.05) is 20.8 Å². The molecule has 2 nitrogen and oxygen atoms in total. The first-order chi connectivity index (χ1) is 6.73. The van der Waals surface area contributed by atoms with E-state index in [9.17, 15) is 8.78 Å². The minimum atomic E-state index is -2.63. The molecule has 0 saturated heterocycles. The molecule has 2 rings (SSSR count). The van der Waals surface area contributed by atoms with Gasteiger partial charge in [0, 0.05) is 6.42 Å². The summed E-state index contributed by atoms with van der Waals surface area (Å²) in [5, 5.41) is 1.83. The highest BCUT2D eigenvalue weighted by Gasteiger charge is 2.64. The van der Waals surface area contributed by atoms with Gasteiger partial charge in [-0.2, -0.15) is 0 Å². The SMILES string of the molecule is CC(C)(C)C1C(Cl)=CON1C1CC1(F)F. The molecule has 2 aliphatic rings. The van der Waals surface area contributed by atoms with E-state index in [4.69, 9.17) is 16.4 Å². The summed E-state index contributed by atoms with van der Waals surface area (Å²) in [5.41, 5.74) is -0.219. The topological polar surface area (TPSA) is 12.5 Å².